The summed E-state index contributed by atoms with van der Waals surface area (Å²) in [6.07, 6.45) is 0. The number of anilines is 1. The molecule has 0 saturated carbocycles. The van der Waals surface area contributed by atoms with E-state index in [0.717, 1.165) is 21.7 Å². The minimum atomic E-state index is -0.226. The molecule has 0 bridgehead atoms. The van der Waals surface area contributed by atoms with Crippen molar-refractivity contribution in [1.82, 2.24) is 0 Å². The molecule has 1 aliphatic heterocycles. The van der Waals surface area contributed by atoms with Crippen LogP contribution >= 0.6 is 27.7 Å². The first-order chi connectivity index (χ1) is 9.24. The zero-order valence-corrected chi connectivity index (χ0v) is 12.6. The van der Waals surface area contributed by atoms with E-state index in [9.17, 15) is 4.39 Å². The number of thioether (sulfide) groups is 1. The maximum atomic E-state index is 13.1. The summed E-state index contributed by atoms with van der Waals surface area (Å²) in [5.41, 5.74) is 3.66. The molecule has 1 heterocycles. The second-order valence-electron chi connectivity index (χ2n) is 4.54. The Kier molecular flexibility index (Phi) is 3.80. The predicted octanol–water partition coefficient (Wildman–Crippen LogP) is 4.99. The Morgan fingerprint density at radius 1 is 1.21 bits per heavy atom. The van der Waals surface area contributed by atoms with E-state index in [0.29, 0.717) is 0 Å². The minimum Gasteiger partial charge on any atom is -0.376 e. The molecule has 1 unspecified atom stereocenters. The van der Waals surface area contributed by atoms with Crippen LogP contribution in [0, 0.1) is 5.82 Å². The van der Waals surface area contributed by atoms with Crippen LogP contribution in [0.15, 0.2) is 46.9 Å². The fourth-order valence-corrected chi connectivity index (χ4v) is 3.86. The van der Waals surface area contributed by atoms with Gasteiger partial charge in [0.15, 0.2) is 0 Å². The van der Waals surface area contributed by atoms with E-state index < -0.39 is 0 Å². The number of nitrogens with one attached hydrogen (secondary N) is 1. The quantitative estimate of drug-likeness (QED) is 0.828. The lowest BCUT2D eigenvalue weighted by Crippen LogP contribution is -2.18. The molecule has 0 radical (unpaired) electrons. The van der Waals surface area contributed by atoms with Gasteiger partial charge < -0.3 is 5.32 Å². The third kappa shape index (κ3) is 2.79. The number of halogens is 2. The molecule has 0 aliphatic carbocycles. The Hall–Kier alpha value is -1.00. The van der Waals surface area contributed by atoms with Gasteiger partial charge in [0.05, 0.1) is 6.04 Å². The van der Waals surface area contributed by atoms with Gasteiger partial charge in [-0.05, 0) is 45.3 Å². The van der Waals surface area contributed by atoms with Crippen LogP contribution in [0.5, 0.6) is 0 Å². The van der Waals surface area contributed by atoms with Crippen LogP contribution in [0.1, 0.15) is 17.2 Å². The van der Waals surface area contributed by atoms with E-state index in [1.165, 1.54) is 23.3 Å². The normalized spacial score (nSPS) is 17.9. The minimum absolute atomic E-state index is 0.226. The van der Waals surface area contributed by atoms with Crippen molar-refractivity contribution in [2.45, 2.75) is 11.8 Å². The highest BCUT2D eigenvalue weighted by Gasteiger charge is 2.20. The van der Waals surface area contributed by atoms with Crippen LogP contribution in [0.3, 0.4) is 0 Å². The fraction of sp³-hybridized carbons (Fsp3) is 0.200. The highest BCUT2D eigenvalue weighted by molar-refractivity contribution is 9.10. The number of benzene rings is 2. The molecule has 2 aromatic carbocycles. The highest BCUT2D eigenvalue weighted by atomic mass is 79.9. The van der Waals surface area contributed by atoms with Crippen molar-refractivity contribution in [2.75, 3.05) is 11.1 Å². The molecule has 98 valence electrons. The number of hydrogen-bond donors (Lipinski definition) is 1. The van der Waals surface area contributed by atoms with Gasteiger partial charge in [-0.1, -0.05) is 24.3 Å². The Labute approximate surface area is 124 Å². The van der Waals surface area contributed by atoms with Crippen molar-refractivity contribution >= 4 is 33.4 Å². The van der Waals surface area contributed by atoms with Gasteiger partial charge in [-0.2, -0.15) is 11.8 Å². The van der Waals surface area contributed by atoms with Gasteiger partial charge in [0, 0.05) is 21.7 Å². The van der Waals surface area contributed by atoms with Crippen LogP contribution in [0.25, 0.3) is 0 Å². The van der Waals surface area contributed by atoms with Gasteiger partial charge in [-0.15, -0.1) is 0 Å². The van der Waals surface area contributed by atoms with E-state index >= 15 is 0 Å². The molecule has 0 fully saturated rings. The van der Waals surface area contributed by atoms with Gasteiger partial charge in [0.1, 0.15) is 5.82 Å². The third-order valence-corrected chi connectivity index (χ3v) is 4.97. The Bertz CT molecular complexity index is 602. The van der Waals surface area contributed by atoms with Crippen LogP contribution in [0.2, 0.25) is 0 Å². The Morgan fingerprint density at radius 2 is 2.05 bits per heavy atom. The van der Waals surface area contributed by atoms with Crippen LogP contribution in [-0.4, -0.2) is 5.75 Å². The lowest BCUT2D eigenvalue weighted by molar-refractivity contribution is 0.627. The molecule has 0 saturated heterocycles. The largest absolute Gasteiger partial charge is 0.376 e. The Balaban J connectivity index is 1.88. The Morgan fingerprint density at radius 3 is 2.89 bits per heavy atom. The summed E-state index contributed by atoms with van der Waals surface area (Å²) in [5, 5.41) is 3.50. The summed E-state index contributed by atoms with van der Waals surface area (Å²) < 4.78 is 13.9. The molecular formula is C15H13BrFNS. The average molecular weight is 338 g/mol. The first-order valence-electron chi connectivity index (χ1n) is 6.11. The lowest BCUT2D eigenvalue weighted by atomic mass is 10.0. The van der Waals surface area contributed by atoms with Crippen LogP contribution < -0.4 is 5.32 Å². The van der Waals surface area contributed by atoms with Crippen molar-refractivity contribution in [3.05, 3.63) is 63.9 Å². The van der Waals surface area contributed by atoms with E-state index in [2.05, 4.69) is 45.5 Å². The molecule has 0 aromatic heterocycles. The summed E-state index contributed by atoms with van der Waals surface area (Å²) in [4.78, 5) is 0. The summed E-state index contributed by atoms with van der Waals surface area (Å²) in [6.45, 7) is 0. The molecule has 19 heavy (non-hydrogen) atoms. The molecule has 1 N–H and O–H groups in total. The first-order valence-corrected chi connectivity index (χ1v) is 8.06. The van der Waals surface area contributed by atoms with E-state index in [1.54, 1.807) is 6.07 Å². The topological polar surface area (TPSA) is 12.0 Å². The van der Waals surface area contributed by atoms with Gasteiger partial charge in [-0.25, -0.2) is 4.39 Å². The SMILES string of the molecule is Fc1ccc(NC2CSCc3ccccc32)c(Br)c1. The molecule has 1 aliphatic rings. The number of fused-ring (bicyclic) bond motifs is 1. The molecule has 0 amide bonds. The first kappa shape index (κ1) is 13.0. The van der Waals surface area contributed by atoms with Gasteiger partial charge in [0.25, 0.3) is 0 Å². The molecule has 1 atom stereocenters. The highest BCUT2D eigenvalue weighted by Crippen LogP contribution is 2.35. The maximum Gasteiger partial charge on any atom is 0.124 e. The van der Waals surface area contributed by atoms with Crippen molar-refractivity contribution in [1.29, 1.82) is 0 Å². The second kappa shape index (κ2) is 5.55. The number of rotatable bonds is 2. The predicted molar refractivity (Wildman–Crippen MR) is 83.1 cm³/mol. The molecule has 0 spiro atoms. The van der Waals surface area contributed by atoms with E-state index in [4.69, 9.17) is 0 Å². The van der Waals surface area contributed by atoms with E-state index in [-0.39, 0.29) is 11.9 Å². The summed E-state index contributed by atoms with van der Waals surface area (Å²) in [7, 11) is 0. The maximum absolute atomic E-state index is 13.1. The zero-order valence-electron chi connectivity index (χ0n) is 10.2. The smallest absolute Gasteiger partial charge is 0.124 e. The van der Waals surface area contributed by atoms with Crippen molar-refractivity contribution in [2.24, 2.45) is 0 Å². The van der Waals surface area contributed by atoms with Crippen molar-refractivity contribution < 1.29 is 4.39 Å². The summed E-state index contributed by atoms with van der Waals surface area (Å²) in [5.74, 6) is 1.87. The monoisotopic (exact) mass is 337 g/mol. The number of hydrogen-bond acceptors (Lipinski definition) is 2. The van der Waals surface area contributed by atoms with Gasteiger partial charge in [-0.3, -0.25) is 0 Å². The molecular weight excluding hydrogens is 325 g/mol. The van der Waals surface area contributed by atoms with E-state index in [1.807, 2.05) is 11.8 Å². The van der Waals surface area contributed by atoms with Gasteiger partial charge in [0.2, 0.25) is 0 Å². The molecule has 1 nitrogen and oxygen atoms in total. The van der Waals surface area contributed by atoms with Crippen molar-refractivity contribution in [3.63, 3.8) is 0 Å². The lowest BCUT2D eigenvalue weighted by Gasteiger charge is -2.27. The van der Waals surface area contributed by atoms with Gasteiger partial charge >= 0.3 is 0 Å². The average Bonchev–Trinajstić information content (AvgIpc) is 2.42. The second-order valence-corrected chi connectivity index (χ2v) is 6.42. The van der Waals surface area contributed by atoms with Crippen LogP contribution in [-0.2, 0) is 5.75 Å². The zero-order chi connectivity index (χ0) is 13.2. The summed E-state index contributed by atoms with van der Waals surface area (Å²) >= 11 is 5.33. The van der Waals surface area contributed by atoms with Crippen LogP contribution in [0.4, 0.5) is 10.1 Å². The molecule has 4 heteroatoms. The molecule has 2 aromatic rings. The third-order valence-electron chi connectivity index (χ3n) is 3.23. The standard InChI is InChI=1S/C15H13BrFNS/c16-13-7-11(17)5-6-14(13)18-15-9-19-8-10-3-1-2-4-12(10)15/h1-7,15,18H,8-9H2. The molecule has 3 rings (SSSR count). The summed E-state index contributed by atoms with van der Waals surface area (Å²) in [6, 6.07) is 13.5. The van der Waals surface area contributed by atoms with Crippen molar-refractivity contribution in [3.8, 4) is 0 Å². The fourth-order valence-electron chi connectivity index (χ4n) is 2.30.